The number of benzene rings is 1. The van der Waals surface area contributed by atoms with Crippen LogP contribution in [-0.2, 0) is 9.59 Å². The first-order valence-corrected chi connectivity index (χ1v) is 6.26. The van der Waals surface area contributed by atoms with Gasteiger partial charge in [0.1, 0.15) is 6.54 Å². The number of carboxylic acids is 1. The average Bonchev–Trinajstić information content (AvgIpc) is 2.42. The van der Waals surface area contributed by atoms with Crippen LogP contribution in [0.2, 0.25) is 0 Å². The van der Waals surface area contributed by atoms with Crippen LogP contribution in [0.1, 0.15) is 24.2 Å². The summed E-state index contributed by atoms with van der Waals surface area (Å²) >= 11 is 0. The summed E-state index contributed by atoms with van der Waals surface area (Å²) in [6.07, 6.45) is 0. The maximum Gasteiger partial charge on any atom is 0.323 e. The van der Waals surface area contributed by atoms with Gasteiger partial charge in [-0.15, -0.1) is 0 Å². The number of rotatable bonds is 6. The highest BCUT2D eigenvalue weighted by Gasteiger charge is 2.20. The summed E-state index contributed by atoms with van der Waals surface area (Å²) in [5.74, 6) is -1.87. The van der Waals surface area contributed by atoms with Crippen LogP contribution in [0, 0.1) is 0 Å². The highest BCUT2D eigenvalue weighted by atomic mass is 16.4. The Morgan fingerprint density at radius 1 is 1.20 bits per heavy atom. The molecule has 1 aromatic carbocycles. The fraction of sp³-hybridized carbons (Fsp3) is 0.357. The Kier molecular flexibility index (Phi) is 5.71. The molecule has 108 valence electrons. The number of hydrogen-bond acceptors (Lipinski definition) is 3. The first-order valence-electron chi connectivity index (χ1n) is 6.26. The molecule has 6 heteroatoms. The standard InChI is InChI=1S/C14H18N2O4/c1-10(2)16(9-13(18)19)12(17)8-15-14(20)11-6-4-3-5-7-11/h3-7,10H,8-9H2,1-2H3,(H,15,20)(H,18,19). The number of carbonyl (C=O) groups is 3. The molecule has 0 saturated carbocycles. The van der Waals surface area contributed by atoms with Gasteiger partial charge in [0.15, 0.2) is 0 Å². The number of carbonyl (C=O) groups excluding carboxylic acids is 2. The first kappa shape index (κ1) is 15.7. The zero-order chi connectivity index (χ0) is 15.1. The third-order valence-electron chi connectivity index (χ3n) is 2.69. The zero-order valence-corrected chi connectivity index (χ0v) is 11.5. The van der Waals surface area contributed by atoms with E-state index < -0.39 is 11.9 Å². The topological polar surface area (TPSA) is 86.7 Å². The molecule has 6 nitrogen and oxygen atoms in total. The number of amides is 2. The monoisotopic (exact) mass is 278 g/mol. The molecule has 2 N–H and O–H groups in total. The van der Waals surface area contributed by atoms with Gasteiger partial charge in [0, 0.05) is 11.6 Å². The van der Waals surface area contributed by atoms with Crippen LogP contribution in [-0.4, -0.2) is 46.9 Å². The molecule has 0 heterocycles. The molecule has 0 radical (unpaired) electrons. The average molecular weight is 278 g/mol. The second-order valence-electron chi connectivity index (χ2n) is 4.56. The quantitative estimate of drug-likeness (QED) is 0.803. The molecule has 0 aliphatic heterocycles. The van der Waals surface area contributed by atoms with Crippen LogP contribution in [0.25, 0.3) is 0 Å². The molecule has 0 spiro atoms. The van der Waals surface area contributed by atoms with Crippen LogP contribution in [0.15, 0.2) is 30.3 Å². The van der Waals surface area contributed by atoms with Crippen molar-refractivity contribution < 1.29 is 19.5 Å². The van der Waals surface area contributed by atoms with Gasteiger partial charge in [-0.05, 0) is 26.0 Å². The van der Waals surface area contributed by atoms with E-state index in [-0.39, 0.29) is 25.0 Å². The number of carboxylic acid groups (broad SMARTS) is 1. The van der Waals surface area contributed by atoms with Crippen molar-refractivity contribution in [2.75, 3.05) is 13.1 Å². The molecule has 20 heavy (non-hydrogen) atoms. The van der Waals surface area contributed by atoms with Crippen molar-refractivity contribution in [1.29, 1.82) is 0 Å². The van der Waals surface area contributed by atoms with Crippen molar-refractivity contribution in [1.82, 2.24) is 10.2 Å². The Labute approximate surface area is 117 Å². The fourth-order valence-electron chi connectivity index (χ4n) is 1.65. The van der Waals surface area contributed by atoms with Gasteiger partial charge in [0.2, 0.25) is 5.91 Å². The summed E-state index contributed by atoms with van der Waals surface area (Å²) in [6, 6.07) is 8.26. The molecule has 1 aromatic rings. The molecule has 0 unspecified atom stereocenters. The Balaban J connectivity index is 2.57. The minimum absolute atomic E-state index is 0.223. The molecule has 0 aliphatic carbocycles. The fourth-order valence-corrected chi connectivity index (χ4v) is 1.65. The number of nitrogens with zero attached hydrogens (tertiary/aromatic N) is 1. The second kappa shape index (κ2) is 7.28. The lowest BCUT2D eigenvalue weighted by Gasteiger charge is -2.24. The summed E-state index contributed by atoms with van der Waals surface area (Å²) in [6.45, 7) is 2.84. The van der Waals surface area contributed by atoms with Crippen molar-refractivity contribution in [2.24, 2.45) is 0 Å². The van der Waals surface area contributed by atoms with Crippen molar-refractivity contribution in [3.05, 3.63) is 35.9 Å². The van der Waals surface area contributed by atoms with Gasteiger partial charge < -0.3 is 15.3 Å². The Hall–Kier alpha value is -2.37. The van der Waals surface area contributed by atoms with E-state index in [1.807, 2.05) is 0 Å². The lowest BCUT2D eigenvalue weighted by Crippen LogP contribution is -2.45. The number of hydrogen-bond donors (Lipinski definition) is 2. The van der Waals surface area contributed by atoms with Gasteiger partial charge in [0.05, 0.1) is 6.54 Å². The highest BCUT2D eigenvalue weighted by molar-refractivity contribution is 5.96. The number of aliphatic carboxylic acids is 1. The summed E-state index contributed by atoms with van der Waals surface area (Å²) in [5.41, 5.74) is 0.453. The van der Waals surface area contributed by atoms with Gasteiger partial charge in [-0.2, -0.15) is 0 Å². The van der Waals surface area contributed by atoms with Gasteiger partial charge in [-0.1, -0.05) is 18.2 Å². The Morgan fingerprint density at radius 3 is 2.30 bits per heavy atom. The van der Waals surface area contributed by atoms with E-state index >= 15 is 0 Å². The Bertz CT molecular complexity index is 485. The molecule has 1 rings (SSSR count). The molecule has 0 saturated heterocycles. The normalized spacial score (nSPS) is 10.2. The van der Waals surface area contributed by atoms with Crippen molar-refractivity contribution in [2.45, 2.75) is 19.9 Å². The van der Waals surface area contributed by atoms with Crippen molar-refractivity contribution in [3.63, 3.8) is 0 Å². The molecule has 0 aliphatic rings. The largest absolute Gasteiger partial charge is 0.480 e. The summed E-state index contributed by atoms with van der Waals surface area (Å²) < 4.78 is 0. The molecule has 2 amide bonds. The molecular formula is C14H18N2O4. The van der Waals surface area contributed by atoms with Crippen LogP contribution >= 0.6 is 0 Å². The molecule has 0 aromatic heterocycles. The van der Waals surface area contributed by atoms with E-state index in [0.29, 0.717) is 5.56 Å². The molecular weight excluding hydrogens is 260 g/mol. The smallest absolute Gasteiger partial charge is 0.323 e. The maximum atomic E-state index is 11.9. The SMILES string of the molecule is CC(C)N(CC(=O)O)C(=O)CNC(=O)c1ccccc1. The highest BCUT2D eigenvalue weighted by Crippen LogP contribution is 2.00. The van der Waals surface area contributed by atoms with E-state index in [0.717, 1.165) is 0 Å². The van der Waals surface area contributed by atoms with Crippen LogP contribution in [0.4, 0.5) is 0 Å². The summed E-state index contributed by atoms with van der Waals surface area (Å²) in [4.78, 5) is 35.6. The summed E-state index contributed by atoms with van der Waals surface area (Å²) in [7, 11) is 0. The number of nitrogens with one attached hydrogen (secondary N) is 1. The predicted octanol–water partition coefficient (Wildman–Crippen LogP) is 0.738. The van der Waals surface area contributed by atoms with Crippen molar-refractivity contribution >= 4 is 17.8 Å². The van der Waals surface area contributed by atoms with E-state index in [1.54, 1.807) is 44.2 Å². The van der Waals surface area contributed by atoms with Gasteiger partial charge in [-0.3, -0.25) is 14.4 Å². The van der Waals surface area contributed by atoms with E-state index in [2.05, 4.69) is 5.32 Å². The van der Waals surface area contributed by atoms with Crippen LogP contribution < -0.4 is 5.32 Å². The van der Waals surface area contributed by atoms with Gasteiger partial charge in [0.25, 0.3) is 5.91 Å². The van der Waals surface area contributed by atoms with Crippen LogP contribution in [0.3, 0.4) is 0 Å². The van der Waals surface area contributed by atoms with E-state index in [4.69, 9.17) is 5.11 Å². The van der Waals surface area contributed by atoms with E-state index in [1.165, 1.54) is 4.90 Å². The maximum absolute atomic E-state index is 11.9. The lowest BCUT2D eigenvalue weighted by atomic mass is 10.2. The zero-order valence-electron chi connectivity index (χ0n) is 11.5. The molecule has 0 fully saturated rings. The minimum Gasteiger partial charge on any atom is -0.480 e. The molecule has 0 bridgehead atoms. The lowest BCUT2D eigenvalue weighted by molar-refractivity contribution is -0.145. The molecule has 0 atom stereocenters. The summed E-state index contributed by atoms with van der Waals surface area (Å²) in [5, 5.41) is 11.2. The van der Waals surface area contributed by atoms with Gasteiger partial charge >= 0.3 is 5.97 Å². The first-order chi connectivity index (χ1) is 9.41. The van der Waals surface area contributed by atoms with E-state index in [9.17, 15) is 14.4 Å². The third kappa shape index (κ3) is 4.72. The van der Waals surface area contributed by atoms with Crippen LogP contribution in [0.5, 0.6) is 0 Å². The predicted molar refractivity (Wildman–Crippen MR) is 73.3 cm³/mol. The third-order valence-corrected chi connectivity index (χ3v) is 2.69. The second-order valence-corrected chi connectivity index (χ2v) is 4.56. The van der Waals surface area contributed by atoms with Crippen molar-refractivity contribution in [3.8, 4) is 0 Å². The minimum atomic E-state index is -1.08. The Morgan fingerprint density at radius 2 is 1.80 bits per heavy atom. The van der Waals surface area contributed by atoms with Gasteiger partial charge in [-0.25, -0.2) is 0 Å².